The van der Waals surface area contributed by atoms with Gasteiger partial charge in [0.25, 0.3) is 0 Å². The number of carbonyl (C=O) groups is 2. The fraction of sp³-hybridized carbons (Fsp3) is 0.467. The summed E-state index contributed by atoms with van der Waals surface area (Å²) in [6.45, 7) is 4.31. The van der Waals surface area contributed by atoms with Gasteiger partial charge in [-0.05, 0) is 44.0 Å². The number of carbonyl (C=O) groups excluding carboxylic acids is 1. The van der Waals surface area contributed by atoms with Gasteiger partial charge < -0.3 is 15.2 Å². The van der Waals surface area contributed by atoms with Gasteiger partial charge in [-0.15, -0.1) is 0 Å². The Balaban J connectivity index is 2.43. The summed E-state index contributed by atoms with van der Waals surface area (Å²) < 4.78 is 5.31. The van der Waals surface area contributed by atoms with Crippen LogP contribution in [0.25, 0.3) is 0 Å². The molecule has 5 nitrogen and oxygen atoms in total. The maximum absolute atomic E-state index is 11.7. The summed E-state index contributed by atoms with van der Waals surface area (Å²) in [7, 11) is 0. The Morgan fingerprint density at radius 3 is 2.40 bits per heavy atom. The van der Waals surface area contributed by atoms with E-state index in [4.69, 9.17) is 9.84 Å². The molecule has 0 aromatic heterocycles. The summed E-state index contributed by atoms with van der Waals surface area (Å²) in [6.07, 6.45) is 1.10. The molecule has 0 spiro atoms. The van der Waals surface area contributed by atoms with Gasteiger partial charge in [0, 0.05) is 12.1 Å². The number of nitrogens with one attached hydrogen (secondary N) is 1. The molecule has 2 N–H and O–H groups in total. The summed E-state index contributed by atoms with van der Waals surface area (Å²) in [5.41, 5.74) is 0.682. The zero-order chi connectivity index (χ0) is 15.0. The van der Waals surface area contributed by atoms with Crippen LogP contribution in [0.3, 0.4) is 0 Å². The lowest BCUT2D eigenvalue weighted by Crippen LogP contribution is -2.17. The molecule has 0 bridgehead atoms. The molecule has 110 valence electrons. The largest absolute Gasteiger partial charge is 0.494 e. The van der Waals surface area contributed by atoms with Crippen LogP contribution in [0.2, 0.25) is 0 Å². The van der Waals surface area contributed by atoms with Gasteiger partial charge in [-0.1, -0.05) is 6.92 Å². The quantitative estimate of drug-likeness (QED) is 0.767. The average Bonchev–Trinajstić information content (AvgIpc) is 2.41. The molecule has 0 aliphatic rings. The van der Waals surface area contributed by atoms with Crippen molar-refractivity contribution in [3.05, 3.63) is 24.3 Å². The van der Waals surface area contributed by atoms with Crippen LogP contribution in [-0.4, -0.2) is 23.6 Å². The van der Waals surface area contributed by atoms with E-state index < -0.39 is 11.9 Å². The molecular formula is C15H21NO4. The van der Waals surface area contributed by atoms with Gasteiger partial charge in [-0.3, -0.25) is 9.59 Å². The maximum atomic E-state index is 11.7. The van der Waals surface area contributed by atoms with Crippen molar-refractivity contribution in [3.63, 3.8) is 0 Å². The molecule has 0 aliphatic carbocycles. The lowest BCUT2D eigenvalue weighted by Gasteiger charge is -2.10. The number of aliphatic carboxylic acids is 1. The first-order valence-electron chi connectivity index (χ1n) is 6.82. The number of benzene rings is 1. The Kier molecular flexibility index (Phi) is 6.56. The second-order valence-corrected chi connectivity index (χ2v) is 4.49. The molecule has 5 heteroatoms. The van der Waals surface area contributed by atoms with E-state index >= 15 is 0 Å². The van der Waals surface area contributed by atoms with Gasteiger partial charge in [0.15, 0.2) is 0 Å². The third-order valence-corrected chi connectivity index (χ3v) is 3.01. The van der Waals surface area contributed by atoms with Crippen molar-refractivity contribution in [2.75, 3.05) is 11.9 Å². The first-order chi connectivity index (χ1) is 9.56. The summed E-state index contributed by atoms with van der Waals surface area (Å²) in [5.74, 6) is -0.723. The van der Waals surface area contributed by atoms with E-state index in [1.165, 1.54) is 0 Å². The van der Waals surface area contributed by atoms with Gasteiger partial charge in [0.2, 0.25) is 5.91 Å². The standard InChI is InChI=1S/C15H21NO4/c1-3-11(15(18)19)5-10-14(17)16-12-6-8-13(9-7-12)20-4-2/h6-9,11H,3-5,10H2,1-2H3,(H,16,17)(H,18,19)/t11-/m1/s1. The minimum atomic E-state index is -0.846. The number of carboxylic acid groups (broad SMARTS) is 1. The van der Waals surface area contributed by atoms with Crippen LogP contribution < -0.4 is 10.1 Å². The van der Waals surface area contributed by atoms with Crippen LogP contribution in [0, 0.1) is 5.92 Å². The van der Waals surface area contributed by atoms with Crippen molar-refractivity contribution in [3.8, 4) is 5.75 Å². The second-order valence-electron chi connectivity index (χ2n) is 4.49. The minimum absolute atomic E-state index is 0.172. The zero-order valence-corrected chi connectivity index (χ0v) is 11.9. The highest BCUT2D eigenvalue weighted by molar-refractivity contribution is 5.91. The minimum Gasteiger partial charge on any atom is -0.494 e. The van der Waals surface area contributed by atoms with Crippen LogP contribution in [0.1, 0.15) is 33.1 Å². The van der Waals surface area contributed by atoms with Crippen LogP contribution >= 0.6 is 0 Å². The fourth-order valence-electron chi connectivity index (χ4n) is 1.83. The summed E-state index contributed by atoms with van der Waals surface area (Å²) in [6, 6.07) is 7.09. The highest BCUT2D eigenvalue weighted by Gasteiger charge is 2.16. The van der Waals surface area contributed by atoms with E-state index in [9.17, 15) is 9.59 Å². The Labute approximate surface area is 118 Å². The number of ether oxygens (including phenoxy) is 1. The Bertz CT molecular complexity index is 442. The third-order valence-electron chi connectivity index (χ3n) is 3.01. The molecule has 1 aromatic carbocycles. The highest BCUT2D eigenvalue weighted by atomic mass is 16.5. The van der Waals surface area contributed by atoms with Gasteiger partial charge in [0.1, 0.15) is 5.75 Å². The van der Waals surface area contributed by atoms with Crippen LogP contribution in [0.4, 0.5) is 5.69 Å². The van der Waals surface area contributed by atoms with Crippen molar-refractivity contribution in [2.24, 2.45) is 5.92 Å². The predicted molar refractivity (Wildman–Crippen MR) is 76.9 cm³/mol. The van der Waals surface area contributed by atoms with Crippen molar-refractivity contribution >= 4 is 17.6 Å². The van der Waals surface area contributed by atoms with E-state index in [1.54, 1.807) is 24.3 Å². The zero-order valence-electron chi connectivity index (χ0n) is 11.9. The van der Waals surface area contributed by atoms with Gasteiger partial charge in [0.05, 0.1) is 12.5 Å². The molecular weight excluding hydrogens is 258 g/mol. The fourth-order valence-corrected chi connectivity index (χ4v) is 1.83. The van der Waals surface area contributed by atoms with Crippen molar-refractivity contribution in [1.82, 2.24) is 0 Å². The molecule has 1 atom stereocenters. The smallest absolute Gasteiger partial charge is 0.306 e. The molecule has 0 fully saturated rings. The molecule has 0 saturated carbocycles. The third kappa shape index (κ3) is 5.30. The number of hydrogen-bond acceptors (Lipinski definition) is 3. The molecule has 1 rings (SSSR count). The molecule has 20 heavy (non-hydrogen) atoms. The van der Waals surface area contributed by atoms with Crippen LogP contribution in [-0.2, 0) is 9.59 Å². The van der Waals surface area contributed by atoms with Gasteiger partial charge >= 0.3 is 5.97 Å². The summed E-state index contributed by atoms with van der Waals surface area (Å²) in [4.78, 5) is 22.6. The van der Waals surface area contributed by atoms with Crippen molar-refractivity contribution in [2.45, 2.75) is 33.1 Å². The van der Waals surface area contributed by atoms with Crippen molar-refractivity contribution in [1.29, 1.82) is 0 Å². The molecule has 0 unspecified atom stereocenters. The molecule has 1 amide bonds. The van der Waals surface area contributed by atoms with Crippen LogP contribution in [0.15, 0.2) is 24.3 Å². The maximum Gasteiger partial charge on any atom is 0.306 e. The first kappa shape index (κ1) is 16.0. The number of amides is 1. The highest BCUT2D eigenvalue weighted by Crippen LogP contribution is 2.17. The van der Waals surface area contributed by atoms with E-state index in [0.29, 0.717) is 25.1 Å². The van der Waals surface area contributed by atoms with E-state index in [1.807, 2.05) is 13.8 Å². The number of rotatable bonds is 8. The summed E-state index contributed by atoms with van der Waals surface area (Å²) >= 11 is 0. The van der Waals surface area contributed by atoms with Crippen molar-refractivity contribution < 1.29 is 19.4 Å². The van der Waals surface area contributed by atoms with Gasteiger partial charge in [-0.25, -0.2) is 0 Å². The first-order valence-corrected chi connectivity index (χ1v) is 6.82. The number of hydrogen-bond donors (Lipinski definition) is 2. The lowest BCUT2D eigenvalue weighted by atomic mass is 10.0. The topological polar surface area (TPSA) is 75.6 Å². The lowest BCUT2D eigenvalue weighted by molar-refractivity contribution is -0.142. The van der Waals surface area contributed by atoms with E-state index in [2.05, 4.69) is 5.32 Å². The Morgan fingerprint density at radius 2 is 1.90 bits per heavy atom. The van der Waals surface area contributed by atoms with E-state index in [-0.39, 0.29) is 12.3 Å². The number of anilines is 1. The monoisotopic (exact) mass is 279 g/mol. The second kappa shape index (κ2) is 8.19. The molecule has 1 aromatic rings. The average molecular weight is 279 g/mol. The Hall–Kier alpha value is -2.04. The normalized spacial score (nSPS) is 11.7. The SMILES string of the molecule is CCOc1ccc(NC(=O)CC[C@@H](CC)C(=O)O)cc1. The number of carboxylic acids is 1. The van der Waals surface area contributed by atoms with E-state index in [0.717, 1.165) is 5.75 Å². The van der Waals surface area contributed by atoms with Gasteiger partial charge in [-0.2, -0.15) is 0 Å². The molecule has 0 aliphatic heterocycles. The Morgan fingerprint density at radius 1 is 1.25 bits per heavy atom. The molecule has 0 saturated heterocycles. The van der Waals surface area contributed by atoms with Crippen LogP contribution in [0.5, 0.6) is 5.75 Å². The predicted octanol–water partition coefficient (Wildman–Crippen LogP) is 2.91. The summed E-state index contributed by atoms with van der Waals surface area (Å²) in [5, 5.41) is 11.7. The molecule has 0 radical (unpaired) electrons. The molecule has 0 heterocycles.